The Kier molecular flexibility index (Phi) is 23.5. The van der Waals surface area contributed by atoms with E-state index in [0.29, 0.717) is 136 Å². The molecule has 13 heterocycles. The van der Waals surface area contributed by atoms with Gasteiger partial charge in [-0.05, 0) is 148 Å². The molecule has 644 valence electrons. The maximum Gasteiger partial charge on any atom is 0.254 e. The highest BCUT2D eigenvalue weighted by Crippen LogP contribution is 2.37. The first-order valence-electron chi connectivity index (χ1n) is 41.3. The number of carbonyl (C=O) groups is 8. The number of nitrogens with one attached hydrogen (secondary N) is 11. The molecule has 8 aromatic heterocycles. The number of imidazole rings is 3. The Balaban J connectivity index is 0.000000116. The van der Waals surface area contributed by atoms with E-state index < -0.39 is 5.91 Å². The number of halogens is 2. The summed E-state index contributed by atoms with van der Waals surface area (Å²) in [5, 5.41) is 61.6. The lowest BCUT2D eigenvalue weighted by Gasteiger charge is -2.34. The van der Waals surface area contributed by atoms with Gasteiger partial charge in [-0.15, -0.1) is 15.3 Å². The van der Waals surface area contributed by atoms with Crippen LogP contribution in [0.15, 0.2) is 193 Å². The van der Waals surface area contributed by atoms with E-state index in [2.05, 4.69) is 105 Å². The number of fused-ring (bicyclic) bond motifs is 4. The Morgan fingerprint density at radius 3 is 1.43 bits per heavy atom. The molecule has 5 aliphatic heterocycles. The number of para-hydroxylation sites is 1. The summed E-state index contributed by atoms with van der Waals surface area (Å²) < 4.78 is 11.9. The highest BCUT2D eigenvalue weighted by Gasteiger charge is 2.33. The molecule has 3 aliphatic carbocycles. The quantitative estimate of drug-likeness (QED) is 0.0222. The summed E-state index contributed by atoms with van der Waals surface area (Å²) in [6.45, 7) is 5.74. The highest BCUT2D eigenvalue weighted by atomic mass is 35.5. The number of imide groups is 4. The van der Waals surface area contributed by atoms with Gasteiger partial charge < -0.3 is 46.9 Å². The van der Waals surface area contributed by atoms with Gasteiger partial charge in [-0.25, -0.2) is 28.5 Å². The average Bonchev–Trinajstić information content (AvgIpc) is 1.62. The van der Waals surface area contributed by atoms with Crippen molar-refractivity contribution in [1.82, 2.24) is 89.5 Å². The lowest BCUT2D eigenvalue weighted by atomic mass is 10.1. The van der Waals surface area contributed by atoms with Crippen LogP contribution in [0, 0.1) is 11.3 Å². The molecule has 0 bridgehead atoms. The highest BCUT2D eigenvalue weighted by molar-refractivity contribution is 6.31. The van der Waals surface area contributed by atoms with Gasteiger partial charge in [0, 0.05) is 136 Å². The average molecular weight is 1760 g/mol. The second kappa shape index (κ2) is 36.2. The molecule has 128 heavy (non-hydrogen) atoms. The normalized spacial score (nSPS) is 17.5. The number of hydrogen-bond donors (Lipinski definition) is 11. The molecule has 11 N–H and O–H groups in total. The van der Waals surface area contributed by atoms with Crippen LogP contribution < -0.4 is 68.1 Å². The summed E-state index contributed by atoms with van der Waals surface area (Å²) in [6.07, 6.45) is 18.5. The minimum atomic E-state index is -0.394. The predicted molar refractivity (Wildman–Crippen MR) is 481 cm³/mol. The van der Waals surface area contributed by atoms with Crippen LogP contribution in [0.3, 0.4) is 0 Å². The maximum atomic E-state index is 12.2. The minimum absolute atomic E-state index is 0.0322. The number of carbonyl (C=O) groups excluding carboxylic acids is 8. The van der Waals surface area contributed by atoms with Crippen LogP contribution in [0.2, 0.25) is 10.0 Å². The Labute approximate surface area is 739 Å². The minimum Gasteiger partial charge on any atom is -0.497 e. The van der Waals surface area contributed by atoms with Crippen molar-refractivity contribution in [3.63, 3.8) is 0 Å². The van der Waals surface area contributed by atoms with Gasteiger partial charge in [0.05, 0.1) is 103 Å². The number of anilines is 12. The molecular weight excluding hydrogens is 1670 g/mol. The van der Waals surface area contributed by atoms with E-state index in [1.165, 1.54) is 5.56 Å². The number of nitriles is 1. The Morgan fingerprint density at radius 1 is 0.484 bits per heavy atom. The molecule has 8 aliphatic rings. The molecule has 0 atom stereocenters. The third-order valence-electron chi connectivity index (χ3n) is 21.7. The van der Waals surface area contributed by atoms with E-state index in [4.69, 9.17) is 48.3 Å². The fraction of sp³-hybridized carbons (Fsp3) is 0.222. The SMILES string of the molecule is C/C(=C1/CC(=O)NC1=O)c1cnc2c(NC3CC3)cc(Nc3cccc(Cl)c3)nn12.COc1cccc(Nc2cc(NC3CC3)c3ncc(/C=C4\CC(=O)NC4=O)n3n2)c1.N#Cc1ccc(CN2CCN(c3nc(Nc4ccccc4)n4ncc(/C=C5\CC(=O)NC5=O)c4n3)CC2)cc1.O=C1C/C(=C\c2cnc3c(NC4CC4)cc(Nc4cccc(Cl)c4)nn23)C(=O)N1. The van der Waals surface area contributed by atoms with Crippen LogP contribution in [0.5, 0.6) is 5.75 Å². The van der Waals surface area contributed by atoms with Gasteiger partial charge in [-0.1, -0.05) is 71.7 Å². The summed E-state index contributed by atoms with van der Waals surface area (Å²) >= 11 is 12.2. The fourth-order valence-electron chi connectivity index (χ4n) is 14.8. The fourth-order valence-corrected chi connectivity index (χ4v) is 15.2. The van der Waals surface area contributed by atoms with Crippen molar-refractivity contribution >= 4 is 186 Å². The van der Waals surface area contributed by atoms with E-state index in [1.54, 1.807) is 80.3 Å². The zero-order valence-electron chi connectivity index (χ0n) is 68.8. The van der Waals surface area contributed by atoms with Gasteiger partial charge in [0.15, 0.2) is 40.0 Å². The van der Waals surface area contributed by atoms with Gasteiger partial charge in [0.25, 0.3) is 23.6 Å². The lowest BCUT2D eigenvalue weighted by molar-refractivity contribution is -0.125. The maximum absolute atomic E-state index is 12.2. The first-order chi connectivity index (χ1) is 62.2. The summed E-state index contributed by atoms with van der Waals surface area (Å²) in [7, 11) is 1.62. The molecule has 0 spiro atoms. The van der Waals surface area contributed by atoms with E-state index in [1.807, 2.05) is 140 Å². The summed E-state index contributed by atoms with van der Waals surface area (Å²) in [5.74, 6) is 0.892. The number of nitrogens with zero attached hydrogens (tertiary/aromatic N) is 16. The molecule has 5 aromatic carbocycles. The van der Waals surface area contributed by atoms with E-state index in [0.717, 1.165) is 117 Å². The first kappa shape index (κ1) is 83.2. The van der Waals surface area contributed by atoms with Crippen molar-refractivity contribution in [2.45, 2.75) is 95.8 Å². The first-order valence-corrected chi connectivity index (χ1v) is 42.1. The topological polar surface area (TPSA) is 442 Å². The van der Waals surface area contributed by atoms with Crippen molar-refractivity contribution in [2.75, 3.05) is 75.4 Å². The zero-order valence-corrected chi connectivity index (χ0v) is 70.3. The molecule has 13 aromatic rings. The van der Waals surface area contributed by atoms with Crippen LogP contribution in [0.1, 0.15) is 105 Å². The molecule has 21 rings (SSSR count). The van der Waals surface area contributed by atoms with Crippen LogP contribution >= 0.6 is 23.2 Å². The second-order valence-electron chi connectivity index (χ2n) is 31.5. The molecule has 36 nitrogen and oxygen atoms in total. The summed E-state index contributed by atoms with van der Waals surface area (Å²) in [5.41, 5.74) is 15.0. The van der Waals surface area contributed by atoms with Gasteiger partial charge in [0.1, 0.15) is 5.75 Å². The largest absolute Gasteiger partial charge is 0.497 e. The summed E-state index contributed by atoms with van der Waals surface area (Å²) in [4.78, 5) is 122. The number of methoxy groups -OCH3 is 1. The van der Waals surface area contributed by atoms with Crippen molar-refractivity contribution in [3.8, 4) is 11.8 Å². The molecule has 38 heteroatoms. The number of benzene rings is 5. The molecule has 8 fully saturated rings. The van der Waals surface area contributed by atoms with Crippen molar-refractivity contribution in [3.05, 3.63) is 236 Å². The molecule has 5 saturated heterocycles. The van der Waals surface area contributed by atoms with Crippen LogP contribution in [0.4, 0.5) is 69.2 Å². The van der Waals surface area contributed by atoms with E-state index in [9.17, 15) is 38.4 Å². The van der Waals surface area contributed by atoms with Gasteiger partial charge in [-0.3, -0.25) is 64.5 Å². The molecule has 8 amide bonds. The molecule has 0 unspecified atom stereocenters. The standard InChI is InChI=1S/C28H25N9O2.C21H19ClN6O2.C21H20N6O3.C20H17ClN6O2/c29-16-19-6-8-20(9-7-19)18-35-10-12-36(13-11-35)27-33-25-22(14-21-15-24(38)32-26(21)39)17-30-37(25)28(34-27)31-23-4-2-1-3-5-23;1-11(15-8-19(29)26-21(15)30)17-10-23-20-16(24-13-5-6-13)9-18(27-28(17)20)25-14-4-2-3-12(22)7-14;1-30-16-4-2-3-14(9-16)24-18-10-17(23-13-5-6-13)20-22-11-15(27(20)26-18)7-12-8-19(28)25-21(12)29;21-12-2-1-3-14(8-12)24-17-9-16(23-13-4-5-13)19-22-10-15(27(19)26-17)6-11-7-18(28)25-20(11)29/h1-9,14,17H,10-13,15,18H2,(H,31,33,34)(H,32,38,39);2-4,7,9-10,13,24H,5-6,8H2,1H3,(H,25,27)(H,26,29,30);2-4,7,9-11,13,23H,5-6,8H2,1H3,(H,24,26)(H,25,28,29);1-3,6,8-10,13,23H,4-5,7H2,(H,24,26)(H,25,28,29)/b21-14+;15-11+;12-7+;11-6+. The number of allylic oxidation sites excluding steroid dienone is 1. The number of ether oxygens (including phenoxy) is 1. The van der Waals surface area contributed by atoms with Gasteiger partial charge >= 0.3 is 0 Å². The lowest BCUT2D eigenvalue weighted by Crippen LogP contribution is -2.46. The van der Waals surface area contributed by atoms with Crippen molar-refractivity contribution in [1.29, 1.82) is 5.26 Å². The van der Waals surface area contributed by atoms with Gasteiger partial charge in [-0.2, -0.15) is 24.8 Å². The number of rotatable bonds is 22. The van der Waals surface area contributed by atoms with E-state index in [-0.39, 0.29) is 67.0 Å². The predicted octanol–water partition coefficient (Wildman–Crippen LogP) is 11.6. The Bertz CT molecular complexity index is 6830. The molecule has 3 saturated carbocycles. The number of hydrogen-bond acceptors (Lipinski definition) is 28. The van der Waals surface area contributed by atoms with Crippen molar-refractivity contribution < 1.29 is 43.1 Å². The molecule has 0 radical (unpaired) electrons. The smallest absolute Gasteiger partial charge is 0.254 e. The molecular formula is C90H81Cl2N27O9. The Morgan fingerprint density at radius 2 is 0.953 bits per heavy atom. The van der Waals surface area contributed by atoms with Crippen LogP contribution in [-0.2, 0) is 44.9 Å². The second-order valence-corrected chi connectivity index (χ2v) is 32.4. The third-order valence-corrected chi connectivity index (χ3v) is 22.2. The van der Waals surface area contributed by atoms with Crippen molar-refractivity contribution in [2.24, 2.45) is 0 Å². The zero-order chi connectivity index (χ0) is 88.2. The number of piperazine rings is 1. The number of amides is 8. The Hall–Kier alpha value is -15.7. The monoisotopic (exact) mass is 1750 g/mol. The van der Waals surface area contributed by atoms with Crippen LogP contribution in [0.25, 0.3) is 46.4 Å². The van der Waals surface area contributed by atoms with Crippen LogP contribution in [-0.4, -0.2) is 167 Å². The summed E-state index contributed by atoms with van der Waals surface area (Å²) in [6, 6.07) is 48.9. The number of aromatic nitrogens is 13. The van der Waals surface area contributed by atoms with Gasteiger partial charge in [0.2, 0.25) is 35.5 Å². The van der Waals surface area contributed by atoms with E-state index >= 15 is 0 Å². The third kappa shape index (κ3) is 19.6.